The fourth-order valence-corrected chi connectivity index (χ4v) is 1.95. The van der Waals surface area contributed by atoms with E-state index in [1.165, 1.54) is 0 Å². The number of β-amino-alcohol motifs (C(OH)–C–C–N with tert-alkyl or cyclic N) is 1. The van der Waals surface area contributed by atoms with Crippen LogP contribution in [-0.4, -0.2) is 57.9 Å². The molecule has 0 aromatic heterocycles. The first-order valence-electron chi connectivity index (χ1n) is 4.76. The normalized spacial score (nSPS) is 30.5. The Hall–Kier alpha value is -0.720. The Bertz CT molecular complexity index is 212. The highest BCUT2D eigenvalue weighted by atomic mass is 16.6. The molecule has 1 aliphatic rings. The molecule has 14 heavy (non-hydrogen) atoms. The van der Waals surface area contributed by atoms with Gasteiger partial charge in [0.15, 0.2) is 0 Å². The van der Waals surface area contributed by atoms with Gasteiger partial charge in [-0.1, -0.05) is 6.92 Å². The summed E-state index contributed by atoms with van der Waals surface area (Å²) in [6, 6.07) is -0.277. The zero-order valence-electron chi connectivity index (χ0n) is 8.17. The van der Waals surface area contributed by atoms with Crippen molar-refractivity contribution in [1.29, 1.82) is 0 Å². The third kappa shape index (κ3) is 2.63. The SMILES string of the molecule is CCN1CC(O)CC1C(O)C[N+](=O)[O-]. The zero-order valence-corrected chi connectivity index (χ0v) is 8.17. The predicted octanol–water partition coefficient (Wildman–Crippen LogP) is -0.921. The molecule has 6 nitrogen and oxygen atoms in total. The van der Waals surface area contributed by atoms with E-state index in [4.69, 9.17) is 0 Å². The minimum atomic E-state index is -0.984. The number of hydrogen-bond acceptors (Lipinski definition) is 5. The van der Waals surface area contributed by atoms with E-state index in [2.05, 4.69) is 0 Å². The van der Waals surface area contributed by atoms with Gasteiger partial charge in [-0.05, 0) is 13.0 Å². The summed E-state index contributed by atoms with van der Waals surface area (Å²) in [7, 11) is 0. The summed E-state index contributed by atoms with van der Waals surface area (Å²) in [5, 5.41) is 29.1. The molecule has 6 heteroatoms. The van der Waals surface area contributed by atoms with Crippen molar-refractivity contribution in [3.05, 3.63) is 10.1 Å². The van der Waals surface area contributed by atoms with Crippen LogP contribution in [0.25, 0.3) is 0 Å². The molecule has 0 aromatic rings. The van der Waals surface area contributed by atoms with Crippen molar-refractivity contribution in [3.8, 4) is 0 Å². The summed E-state index contributed by atoms with van der Waals surface area (Å²) in [5.74, 6) is 0. The zero-order chi connectivity index (χ0) is 10.7. The van der Waals surface area contributed by atoms with E-state index in [9.17, 15) is 20.3 Å². The molecular formula is C8H16N2O4. The van der Waals surface area contributed by atoms with Gasteiger partial charge >= 0.3 is 0 Å². The van der Waals surface area contributed by atoms with Crippen molar-refractivity contribution < 1.29 is 15.1 Å². The Morgan fingerprint density at radius 2 is 2.36 bits per heavy atom. The second-order valence-electron chi connectivity index (χ2n) is 3.63. The highest BCUT2D eigenvalue weighted by Gasteiger charge is 2.36. The van der Waals surface area contributed by atoms with Gasteiger partial charge in [-0.2, -0.15) is 0 Å². The number of nitrogens with zero attached hydrogens (tertiary/aromatic N) is 2. The van der Waals surface area contributed by atoms with Crippen molar-refractivity contribution in [2.75, 3.05) is 19.6 Å². The largest absolute Gasteiger partial charge is 0.392 e. The molecule has 0 aliphatic carbocycles. The highest BCUT2D eigenvalue weighted by Crippen LogP contribution is 2.20. The van der Waals surface area contributed by atoms with Crippen LogP contribution in [0.1, 0.15) is 13.3 Å². The summed E-state index contributed by atoms with van der Waals surface area (Å²) in [5.41, 5.74) is 0. The lowest BCUT2D eigenvalue weighted by Crippen LogP contribution is -2.42. The minimum absolute atomic E-state index is 0.277. The molecule has 0 saturated carbocycles. The fourth-order valence-electron chi connectivity index (χ4n) is 1.95. The fraction of sp³-hybridized carbons (Fsp3) is 1.00. The van der Waals surface area contributed by atoms with Gasteiger partial charge in [-0.25, -0.2) is 0 Å². The first kappa shape index (κ1) is 11.4. The lowest BCUT2D eigenvalue weighted by atomic mass is 10.1. The average Bonchev–Trinajstić information content (AvgIpc) is 2.45. The number of aliphatic hydroxyl groups is 2. The van der Waals surface area contributed by atoms with Crippen molar-refractivity contribution in [1.82, 2.24) is 4.90 Å². The monoisotopic (exact) mass is 204 g/mol. The summed E-state index contributed by atoms with van der Waals surface area (Å²) in [4.78, 5) is 11.6. The van der Waals surface area contributed by atoms with Crippen molar-refractivity contribution in [2.24, 2.45) is 0 Å². The molecule has 3 atom stereocenters. The molecule has 0 radical (unpaired) electrons. The number of aliphatic hydroxyl groups excluding tert-OH is 2. The highest BCUT2D eigenvalue weighted by molar-refractivity contribution is 4.88. The van der Waals surface area contributed by atoms with Gasteiger partial charge in [0.05, 0.1) is 6.10 Å². The second-order valence-corrected chi connectivity index (χ2v) is 3.63. The van der Waals surface area contributed by atoms with E-state index >= 15 is 0 Å². The van der Waals surface area contributed by atoms with Crippen molar-refractivity contribution >= 4 is 0 Å². The molecule has 0 spiro atoms. The molecule has 2 N–H and O–H groups in total. The smallest absolute Gasteiger partial charge is 0.230 e. The molecule has 1 saturated heterocycles. The topological polar surface area (TPSA) is 86.8 Å². The van der Waals surface area contributed by atoms with Crippen molar-refractivity contribution in [2.45, 2.75) is 31.6 Å². The molecule has 1 aliphatic heterocycles. The molecular weight excluding hydrogens is 188 g/mol. The third-order valence-electron chi connectivity index (χ3n) is 2.61. The van der Waals surface area contributed by atoms with E-state index in [-0.39, 0.29) is 6.04 Å². The Kier molecular flexibility index (Phi) is 3.79. The third-order valence-corrected chi connectivity index (χ3v) is 2.61. The molecule has 3 unspecified atom stereocenters. The molecule has 0 aromatic carbocycles. The summed E-state index contributed by atoms with van der Waals surface area (Å²) in [6.45, 7) is 2.64. The summed E-state index contributed by atoms with van der Waals surface area (Å²) < 4.78 is 0. The Balaban J connectivity index is 2.52. The van der Waals surface area contributed by atoms with Crippen LogP contribution in [0.4, 0.5) is 0 Å². The minimum Gasteiger partial charge on any atom is -0.392 e. The second kappa shape index (κ2) is 4.68. The number of nitro groups is 1. The summed E-state index contributed by atoms with van der Waals surface area (Å²) >= 11 is 0. The van der Waals surface area contributed by atoms with E-state index < -0.39 is 23.7 Å². The lowest BCUT2D eigenvalue weighted by Gasteiger charge is -2.24. The molecule has 0 bridgehead atoms. The molecule has 1 heterocycles. The van der Waals surface area contributed by atoms with Gasteiger partial charge < -0.3 is 10.2 Å². The van der Waals surface area contributed by atoms with E-state index in [1.807, 2.05) is 11.8 Å². The first-order valence-corrected chi connectivity index (χ1v) is 4.76. The number of hydrogen-bond donors (Lipinski definition) is 2. The number of likely N-dealkylation sites (tertiary alicyclic amines) is 1. The number of rotatable bonds is 4. The van der Waals surface area contributed by atoms with Gasteiger partial charge in [0.25, 0.3) is 0 Å². The quantitative estimate of drug-likeness (QED) is 0.457. The predicted molar refractivity (Wildman–Crippen MR) is 49.5 cm³/mol. The lowest BCUT2D eigenvalue weighted by molar-refractivity contribution is -0.491. The van der Waals surface area contributed by atoms with Crippen LogP contribution in [-0.2, 0) is 0 Å². The molecule has 82 valence electrons. The number of likely N-dealkylation sites (N-methyl/N-ethyl adjacent to an activating group) is 1. The maximum atomic E-state index is 10.2. The van der Waals surface area contributed by atoms with Crippen LogP contribution in [0.2, 0.25) is 0 Å². The van der Waals surface area contributed by atoms with Gasteiger partial charge in [0, 0.05) is 17.5 Å². The molecule has 0 amide bonds. The van der Waals surface area contributed by atoms with Crippen LogP contribution in [0.3, 0.4) is 0 Å². The standard InChI is InChI=1S/C8H16N2O4/c1-2-9-4-6(11)3-7(9)8(12)5-10(13)14/h6-8,11-12H,2-5H2,1H3. The van der Waals surface area contributed by atoms with Crippen molar-refractivity contribution in [3.63, 3.8) is 0 Å². The maximum Gasteiger partial charge on any atom is 0.230 e. The summed E-state index contributed by atoms with van der Waals surface area (Å²) in [6.07, 6.45) is -1.04. The van der Waals surface area contributed by atoms with Gasteiger partial charge in [-0.3, -0.25) is 15.0 Å². The average molecular weight is 204 g/mol. The maximum absolute atomic E-state index is 10.2. The van der Waals surface area contributed by atoms with Gasteiger partial charge in [0.2, 0.25) is 6.54 Å². The van der Waals surface area contributed by atoms with Gasteiger partial charge in [0.1, 0.15) is 6.10 Å². The van der Waals surface area contributed by atoms with Crippen LogP contribution in [0.15, 0.2) is 0 Å². The first-order chi connectivity index (χ1) is 6.54. The van der Waals surface area contributed by atoms with Crippen LogP contribution < -0.4 is 0 Å². The Morgan fingerprint density at radius 3 is 2.86 bits per heavy atom. The molecule has 1 rings (SSSR count). The van der Waals surface area contributed by atoms with E-state index in [1.54, 1.807) is 0 Å². The van der Waals surface area contributed by atoms with Crippen LogP contribution in [0, 0.1) is 10.1 Å². The van der Waals surface area contributed by atoms with Gasteiger partial charge in [-0.15, -0.1) is 0 Å². The Morgan fingerprint density at radius 1 is 1.71 bits per heavy atom. The molecule has 1 fully saturated rings. The van der Waals surface area contributed by atoms with E-state index in [0.717, 1.165) is 0 Å². The van der Waals surface area contributed by atoms with Crippen LogP contribution in [0.5, 0.6) is 0 Å². The Labute approximate surface area is 82.3 Å². The van der Waals surface area contributed by atoms with E-state index in [0.29, 0.717) is 19.5 Å². The van der Waals surface area contributed by atoms with Crippen LogP contribution >= 0.6 is 0 Å².